The van der Waals surface area contributed by atoms with E-state index >= 15 is 0 Å². The molecule has 6 nitrogen and oxygen atoms in total. The van der Waals surface area contributed by atoms with E-state index in [9.17, 15) is 4.79 Å². The van der Waals surface area contributed by atoms with Gasteiger partial charge in [0.1, 0.15) is 0 Å². The van der Waals surface area contributed by atoms with E-state index < -0.39 is 0 Å². The minimum atomic E-state index is -0.144. The van der Waals surface area contributed by atoms with Gasteiger partial charge in [-0.2, -0.15) is 5.10 Å². The average Bonchev–Trinajstić information content (AvgIpc) is 2.88. The average molecular weight is 412 g/mol. The number of hydrogen-bond donors (Lipinski definition) is 1. The Kier molecular flexibility index (Phi) is 5.45. The zero-order valence-corrected chi connectivity index (χ0v) is 17.1. The number of hydrogen-bond acceptors (Lipinski definition) is 4. The normalized spacial score (nSPS) is 13.1. The number of carbonyl (C=O) groups excluding carboxylic acids is 1. The summed E-state index contributed by atoms with van der Waals surface area (Å²) in [5, 5.41) is 8.01. The van der Waals surface area contributed by atoms with Crippen LogP contribution in [0.25, 0.3) is 5.69 Å². The number of nitrogens with one attached hydrogen (secondary N) is 1. The van der Waals surface area contributed by atoms with Crippen LogP contribution in [0.3, 0.4) is 0 Å². The lowest BCUT2D eigenvalue weighted by atomic mass is 10.1. The van der Waals surface area contributed by atoms with Gasteiger partial charge in [0, 0.05) is 6.42 Å². The van der Waals surface area contributed by atoms with E-state index in [4.69, 9.17) is 21.1 Å². The summed E-state index contributed by atoms with van der Waals surface area (Å²) in [6, 6.07) is 13.4. The number of nitrogens with zero attached hydrogens (tertiary/aromatic N) is 2. The van der Waals surface area contributed by atoms with Gasteiger partial charge in [-0.15, -0.1) is 0 Å². The first-order chi connectivity index (χ1) is 14.0. The Morgan fingerprint density at radius 3 is 2.72 bits per heavy atom. The van der Waals surface area contributed by atoms with Gasteiger partial charge in [-0.3, -0.25) is 4.79 Å². The summed E-state index contributed by atoms with van der Waals surface area (Å²) in [5.74, 6) is 0.987. The topological polar surface area (TPSA) is 65.4 Å². The van der Waals surface area contributed by atoms with Crippen molar-refractivity contribution in [3.63, 3.8) is 0 Å². The summed E-state index contributed by atoms with van der Waals surface area (Å²) in [6.07, 6.45) is 0.969. The van der Waals surface area contributed by atoms with E-state index in [1.807, 2.05) is 54.9 Å². The number of fused-ring (bicyclic) bond motifs is 1. The molecular formula is C22H22ClN3O3. The van der Waals surface area contributed by atoms with Crippen LogP contribution >= 0.6 is 11.6 Å². The van der Waals surface area contributed by atoms with Crippen molar-refractivity contribution in [1.82, 2.24) is 9.78 Å². The third-order valence-corrected chi connectivity index (χ3v) is 5.06. The Labute approximate surface area is 174 Å². The standard InChI is InChI=1S/C22H22ClN3O3/c1-14-21(15(2)26(25-14)17-7-4-3-5-8-17)24-20(27)13-16-11-18(23)22-19(12-16)28-9-6-10-29-22/h3-5,7-8,11-12H,6,9-10,13H2,1-2H3,(H,24,27). The van der Waals surface area contributed by atoms with Gasteiger partial charge in [-0.05, 0) is 43.7 Å². The van der Waals surface area contributed by atoms with Crippen LogP contribution in [0, 0.1) is 13.8 Å². The van der Waals surface area contributed by atoms with Crippen LogP contribution < -0.4 is 14.8 Å². The number of halogens is 1. The number of carbonyl (C=O) groups is 1. The van der Waals surface area contributed by atoms with Crippen molar-refractivity contribution in [3.8, 4) is 17.2 Å². The Balaban J connectivity index is 1.53. The zero-order valence-electron chi connectivity index (χ0n) is 16.4. The van der Waals surface area contributed by atoms with Crippen LogP contribution in [0.5, 0.6) is 11.5 Å². The van der Waals surface area contributed by atoms with Gasteiger partial charge in [-0.1, -0.05) is 29.8 Å². The molecule has 0 unspecified atom stereocenters. The van der Waals surface area contributed by atoms with Crippen molar-refractivity contribution >= 4 is 23.2 Å². The molecular weight excluding hydrogens is 390 g/mol. The van der Waals surface area contributed by atoms with Crippen LogP contribution in [-0.4, -0.2) is 28.9 Å². The maximum atomic E-state index is 12.7. The Morgan fingerprint density at radius 2 is 1.93 bits per heavy atom. The molecule has 7 heteroatoms. The van der Waals surface area contributed by atoms with Crippen molar-refractivity contribution in [2.45, 2.75) is 26.7 Å². The molecule has 3 aromatic rings. The Hall–Kier alpha value is -2.99. The number of anilines is 1. The number of benzene rings is 2. The molecule has 1 aromatic heterocycles. The van der Waals surface area contributed by atoms with Gasteiger partial charge in [0.2, 0.25) is 5.91 Å². The minimum Gasteiger partial charge on any atom is -0.489 e. The molecule has 1 aliphatic heterocycles. The molecule has 1 aliphatic rings. The fourth-order valence-electron chi connectivity index (χ4n) is 3.40. The summed E-state index contributed by atoms with van der Waals surface area (Å²) < 4.78 is 13.2. The van der Waals surface area contributed by atoms with E-state index in [0.717, 1.165) is 34.7 Å². The second-order valence-electron chi connectivity index (χ2n) is 6.97. The maximum Gasteiger partial charge on any atom is 0.228 e. The molecule has 29 heavy (non-hydrogen) atoms. The summed E-state index contributed by atoms with van der Waals surface area (Å²) in [6.45, 7) is 4.95. The van der Waals surface area contributed by atoms with Gasteiger partial charge < -0.3 is 14.8 Å². The van der Waals surface area contributed by atoms with E-state index in [2.05, 4.69) is 10.4 Å². The van der Waals surface area contributed by atoms with Crippen LogP contribution in [0.1, 0.15) is 23.4 Å². The number of ether oxygens (including phenoxy) is 2. The lowest BCUT2D eigenvalue weighted by Crippen LogP contribution is -2.15. The van der Waals surface area contributed by atoms with Crippen molar-refractivity contribution in [1.29, 1.82) is 0 Å². The van der Waals surface area contributed by atoms with Gasteiger partial charge in [0.05, 0.1) is 47.4 Å². The number of aromatic nitrogens is 2. The van der Waals surface area contributed by atoms with Crippen LogP contribution in [-0.2, 0) is 11.2 Å². The van der Waals surface area contributed by atoms with Gasteiger partial charge in [0.25, 0.3) is 0 Å². The van der Waals surface area contributed by atoms with Gasteiger partial charge in [0.15, 0.2) is 11.5 Å². The molecule has 0 radical (unpaired) electrons. The van der Waals surface area contributed by atoms with Crippen molar-refractivity contribution in [2.24, 2.45) is 0 Å². The molecule has 2 heterocycles. The van der Waals surface area contributed by atoms with Crippen molar-refractivity contribution in [3.05, 3.63) is 64.4 Å². The number of para-hydroxylation sites is 1. The lowest BCUT2D eigenvalue weighted by molar-refractivity contribution is -0.115. The first-order valence-electron chi connectivity index (χ1n) is 9.52. The van der Waals surface area contributed by atoms with E-state index in [1.54, 1.807) is 6.07 Å². The molecule has 0 spiro atoms. The predicted molar refractivity (Wildman–Crippen MR) is 112 cm³/mol. The summed E-state index contributed by atoms with van der Waals surface area (Å²) in [7, 11) is 0. The summed E-state index contributed by atoms with van der Waals surface area (Å²) in [5.41, 5.74) is 4.07. The fraction of sp³-hybridized carbons (Fsp3) is 0.273. The predicted octanol–water partition coefficient (Wildman–Crippen LogP) is 4.49. The van der Waals surface area contributed by atoms with Crippen LogP contribution in [0.4, 0.5) is 5.69 Å². The zero-order chi connectivity index (χ0) is 20.4. The highest BCUT2D eigenvalue weighted by Gasteiger charge is 2.19. The van der Waals surface area contributed by atoms with Crippen LogP contribution in [0.15, 0.2) is 42.5 Å². The van der Waals surface area contributed by atoms with E-state index in [-0.39, 0.29) is 12.3 Å². The molecule has 2 aromatic carbocycles. The Bertz CT molecular complexity index is 1050. The molecule has 0 saturated carbocycles. The van der Waals surface area contributed by atoms with E-state index in [0.29, 0.717) is 29.7 Å². The highest BCUT2D eigenvalue weighted by atomic mass is 35.5. The SMILES string of the molecule is Cc1nn(-c2ccccc2)c(C)c1NC(=O)Cc1cc(Cl)c2c(c1)OCCCO2. The largest absolute Gasteiger partial charge is 0.489 e. The first-order valence-corrected chi connectivity index (χ1v) is 9.90. The fourth-order valence-corrected chi connectivity index (χ4v) is 3.69. The highest BCUT2D eigenvalue weighted by Crippen LogP contribution is 2.38. The first kappa shape index (κ1) is 19.3. The molecule has 0 bridgehead atoms. The molecule has 1 amide bonds. The highest BCUT2D eigenvalue weighted by molar-refractivity contribution is 6.32. The summed E-state index contributed by atoms with van der Waals surface area (Å²) >= 11 is 6.34. The molecule has 0 saturated heterocycles. The monoisotopic (exact) mass is 411 g/mol. The van der Waals surface area contributed by atoms with Crippen molar-refractivity contribution < 1.29 is 14.3 Å². The molecule has 1 N–H and O–H groups in total. The third-order valence-electron chi connectivity index (χ3n) is 4.78. The lowest BCUT2D eigenvalue weighted by Gasteiger charge is -2.12. The molecule has 150 valence electrons. The quantitative estimate of drug-likeness (QED) is 0.687. The smallest absolute Gasteiger partial charge is 0.228 e. The molecule has 0 fully saturated rings. The second kappa shape index (κ2) is 8.17. The number of amides is 1. The number of aryl methyl sites for hydroxylation is 1. The molecule has 0 aliphatic carbocycles. The van der Waals surface area contributed by atoms with Crippen LogP contribution in [0.2, 0.25) is 5.02 Å². The maximum absolute atomic E-state index is 12.7. The third kappa shape index (κ3) is 4.07. The number of rotatable bonds is 4. The minimum absolute atomic E-state index is 0.144. The van der Waals surface area contributed by atoms with Gasteiger partial charge in [-0.25, -0.2) is 4.68 Å². The Morgan fingerprint density at radius 1 is 1.17 bits per heavy atom. The van der Waals surface area contributed by atoms with Gasteiger partial charge >= 0.3 is 0 Å². The van der Waals surface area contributed by atoms with E-state index in [1.165, 1.54) is 0 Å². The summed E-state index contributed by atoms with van der Waals surface area (Å²) in [4.78, 5) is 12.7. The molecule has 0 atom stereocenters. The second-order valence-corrected chi connectivity index (χ2v) is 7.38. The molecule has 4 rings (SSSR count). The van der Waals surface area contributed by atoms with Crippen molar-refractivity contribution in [2.75, 3.05) is 18.5 Å².